The van der Waals surface area contributed by atoms with Gasteiger partial charge in [0.25, 0.3) is 0 Å². The highest BCUT2D eigenvalue weighted by Gasteiger charge is 2.30. The molecule has 0 rings (SSSR count). The normalized spacial score (nSPS) is 12.0. The van der Waals surface area contributed by atoms with Crippen LogP contribution in [0.15, 0.2) is 0 Å². The second-order valence-corrected chi connectivity index (χ2v) is 9.51. The summed E-state index contributed by atoms with van der Waals surface area (Å²) in [5.41, 5.74) is -1.49. The molecule has 0 heterocycles. The number of amides is 2. The Labute approximate surface area is 215 Å². The van der Waals surface area contributed by atoms with E-state index in [1.807, 2.05) is 0 Å². The van der Waals surface area contributed by atoms with Gasteiger partial charge in [-0.25, -0.2) is 14.5 Å². The summed E-state index contributed by atoms with van der Waals surface area (Å²) in [6, 6.07) is 0. The van der Waals surface area contributed by atoms with E-state index < -0.39 is 23.4 Å². The van der Waals surface area contributed by atoms with E-state index in [4.69, 9.17) is 43.0 Å². The van der Waals surface area contributed by atoms with Crippen LogP contribution in [0.4, 0.5) is 9.59 Å². The fourth-order valence-electron chi connectivity index (χ4n) is 2.31. The van der Waals surface area contributed by atoms with Crippen molar-refractivity contribution < 1.29 is 52.6 Å². The number of rotatable bonds is 20. The van der Waals surface area contributed by atoms with Gasteiger partial charge >= 0.3 is 12.2 Å². The molecule has 1 N–H and O–H groups in total. The van der Waals surface area contributed by atoms with Crippen LogP contribution in [-0.2, 0) is 37.9 Å². The quantitative estimate of drug-likeness (QED) is 0.235. The number of aliphatic hydroxyl groups is 1. The molecule has 0 aliphatic carbocycles. The van der Waals surface area contributed by atoms with E-state index >= 15 is 0 Å². The average molecular weight is 526 g/mol. The zero-order valence-electron chi connectivity index (χ0n) is 22.9. The van der Waals surface area contributed by atoms with Gasteiger partial charge in [0, 0.05) is 0 Å². The number of aliphatic hydroxyl groups excluding tert-OH is 1. The molecule has 214 valence electrons. The third-order valence-electron chi connectivity index (χ3n) is 3.78. The van der Waals surface area contributed by atoms with E-state index in [0.717, 1.165) is 4.90 Å². The molecule has 0 radical (unpaired) electrons. The summed E-state index contributed by atoms with van der Waals surface area (Å²) in [7, 11) is 0. The molecule has 0 atom stereocenters. The summed E-state index contributed by atoms with van der Waals surface area (Å²) in [5, 5.41) is 8.56. The van der Waals surface area contributed by atoms with Crippen molar-refractivity contribution in [3.63, 3.8) is 0 Å². The molecule has 0 saturated heterocycles. The highest BCUT2D eigenvalue weighted by atomic mass is 16.6. The van der Waals surface area contributed by atoms with Crippen molar-refractivity contribution in [1.29, 1.82) is 0 Å². The number of hydrogen-bond donors (Lipinski definition) is 1. The second-order valence-electron chi connectivity index (χ2n) is 9.51. The molecule has 12 nitrogen and oxygen atoms in total. The number of carbonyl (C=O) groups is 2. The molecule has 0 spiro atoms. The molecule has 0 saturated carbocycles. The molecule has 0 aromatic rings. The van der Waals surface area contributed by atoms with Gasteiger partial charge in [-0.15, -0.1) is 0 Å². The Kier molecular flexibility index (Phi) is 19.6. The zero-order valence-corrected chi connectivity index (χ0v) is 22.9. The van der Waals surface area contributed by atoms with Crippen LogP contribution in [0, 0.1) is 0 Å². The van der Waals surface area contributed by atoms with Gasteiger partial charge in [0.1, 0.15) is 11.2 Å². The minimum Gasteiger partial charge on any atom is -0.443 e. The molecule has 0 unspecified atom stereocenters. The van der Waals surface area contributed by atoms with Gasteiger partial charge in [-0.1, -0.05) is 0 Å². The number of ether oxygens (including phenoxy) is 8. The lowest BCUT2D eigenvalue weighted by Gasteiger charge is -2.28. The lowest BCUT2D eigenvalue weighted by atomic mass is 10.2. The van der Waals surface area contributed by atoms with Crippen molar-refractivity contribution in [2.75, 3.05) is 92.4 Å². The zero-order chi connectivity index (χ0) is 27.3. The molecule has 0 aliphatic rings. The molecule has 0 aromatic carbocycles. The van der Waals surface area contributed by atoms with Gasteiger partial charge in [0.2, 0.25) is 0 Å². The highest BCUT2D eigenvalue weighted by Crippen LogP contribution is 2.14. The third-order valence-corrected chi connectivity index (χ3v) is 3.78. The Hall–Kier alpha value is -1.54. The monoisotopic (exact) mass is 525 g/mol. The largest absolute Gasteiger partial charge is 0.443 e. The SMILES string of the molecule is CC(C)(C)OC(=O)N(CCOCCOCCOCCOCCOCCOCCO)C(=O)OC(C)(C)C. The number of carbonyl (C=O) groups excluding carboxylic acids is 2. The molecule has 12 heteroatoms. The molecule has 0 aliphatic heterocycles. The molecular formula is C24H47NO11. The van der Waals surface area contributed by atoms with Gasteiger partial charge in [-0.3, -0.25) is 0 Å². The number of nitrogens with zero attached hydrogens (tertiary/aromatic N) is 1. The van der Waals surface area contributed by atoms with Gasteiger partial charge in [-0.2, -0.15) is 0 Å². The van der Waals surface area contributed by atoms with Gasteiger partial charge < -0.3 is 43.0 Å². The van der Waals surface area contributed by atoms with Crippen LogP contribution in [0.5, 0.6) is 0 Å². The minimum atomic E-state index is -0.783. The summed E-state index contributed by atoms with van der Waals surface area (Å²) in [5.74, 6) is 0. The molecular weight excluding hydrogens is 478 g/mol. The first-order valence-corrected chi connectivity index (χ1v) is 12.3. The summed E-state index contributed by atoms with van der Waals surface area (Å²) < 4.78 is 42.6. The van der Waals surface area contributed by atoms with Crippen molar-refractivity contribution in [2.45, 2.75) is 52.7 Å². The minimum absolute atomic E-state index is 0.00449. The molecule has 2 amide bonds. The molecule has 0 fully saturated rings. The first kappa shape index (κ1) is 34.5. The van der Waals surface area contributed by atoms with Crippen LogP contribution in [0.25, 0.3) is 0 Å². The predicted octanol–water partition coefficient (Wildman–Crippen LogP) is 2.25. The molecule has 0 bridgehead atoms. The van der Waals surface area contributed by atoms with Crippen molar-refractivity contribution in [1.82, 2.24) is 4.90 Å². The Balaban J connectivity index is 3.78. The van der Waals surface area contributed by atoms with Crippen LogP contribution >= 0.6 is 0 Å². The Morgan fingerprint density at radius 2 is 0.806 bits per heavy atom. The first-order chi connectivity index (χ1) is 17.0. The van der Waals surface area contributed by atoms with Gasteiger partial charge in [-0.05, 0) is 41.5 Å². The fourth-order valence-corrected chi connectivity index (χ4v) is 2.31. The maximum absolute atomic E-state index is 12.4. The Morgan fingerprint density at radius 1 is 0.528 bits per heavy atom. The number of hydrogen-bond acceptors (Lipinski definition) is 11. The van der Waals surface area contributed by atoms with Crippen LogP contribution in [-0.4, -0.2) is 126 Å². The maximum atomic E-state index is 12.4. The van der Waals surface area contributed by atoms with Crippen molar-refractivity contribution in [3.05, 3.63) is 0 Å². The van der Waals surface area contributed by atoms with E-state index in [2.05, 4.69) is 0 Å². The molecule has 0 aromatic heterocycles. The standard InChI is InChI=1S/C24H47NO11/c1-23(2,3)35-21(27)25(22(28)36-24(4,5)6)7-9-29-11-13-31-15-17-33-19-20-34-18-16-32-14-12-30-10-8-26/h26H,7-20H2,1-6H3. The van der Waals surface area contributed by atoms with Crippen molar-refractivity contribution in [2.24, 2.45) is 0 Å². The highest BCUT2D eigenvalue weighted by molar-refractivity contribution is 5.88. The molecule has 36 heavy (non-hydrogen) atoms. The summed E-state index contributed by atoms with van der Waals surface area (Å²) in [6.07, 6.45) is -1.57. The lowest BCUT2D eigenvalue weighted by Crippen LogP contribution is -2.45. The average Bonchev–Trinajstić information content (AvgIpc) is 2.75. The van der Waals surface area contributed by atoms with Gasteiger partial charge in [0.15, 0.2) is 0 Å². The summed E-state index contributed by atoms with van der Waals surface area (Å²) >= 11 is 0. The summed E-state index contributed by atoms with van der Waals surface area (Å²) in [6.45, 7) is 15.0. The first-order valence-electron chi connectivity index (χ1n) is 12.3. The van der Waals surface area contributed by atoms with E-state index in [1.54, 1.807) is 41.5 Å². The van der Waals surface area contributed by atoms with E-state index in [9.17, 15) is 9.59 Å². The van der Waals surface area contributed by atoms with Crippen molar-refractivity contribution >= 4 is 12.2 Å². The van der Waals surface area contributed by atoms with Crippen molar-refractivity contribution in [3.8, 4) is 0 Å². The smallest absolute Gasteiger partial charge is 0.419 e. The summed E-state index contributed by atoms with van der Waals surface area (Å²) in [4.78, 5) is 25.7. The maximum Gasteiger partial charge on any atom is 0.419 e. The van der Waals surface area contributed by atoms with E-state index in [0.29, 0.717) is 72.7 Å². The Bertz CT molecular complexity index is 533. The fraction of sp³-hybridized carbons (Fsp3) is 0.917. The van der Waals surface area contributed by atoms with E-state index in [-0.39, 0.29) is 19.8 Å². The second kappa shape index (κ2) is 20.5. The topological polar surface area (TPSA) is 131 Å². The van der Waals surface area contributed by atoms with Crippen LogP contribution in [0.2, 0.25) is 0 Å². The predicted molar refractivity (Wildman–Crippen MR) is 131 cm³/mol. The Morgan fingerprint density at radius 3 is 1.08 bits per heavy atom. The third kappa shape index (κ3) is 22.9. The van der Waals surface area contributed by atoms with Crippen LogP contribution in [0.3, 0.4) is 0 Å². The van der Waals surface area contributed by atoms with E-state index in [1.165, 1.54) is 0 Å². The van der Waals surface area contributed by atoms with Crippen LogP contribution in [0.1, 0.15) is 41.5 Å². The lowest BCUT2D eigenvalue weighted by molar-refractivity contribution is -0.0212. The number of imide groups is 1. The van der Waals surface area contributed by atoms with Gasteiger partial charge in [0.05, 0.1) is 92.4 Å². The van der Waals surface area contributed by atoms with Crippen LogP contribution < -0.4 is 0 Å².